The highest BCUT2D eigenvalue weighted by Crippen LogP contribution is 2.14. The first-order valence-corrected chi connectivity index (χ1v) is 8.58. The minimum atomic E-state index is -0.501. The summed E-state index contributed by atoms with van der Waals surface area (Å²) in [6.07, 6.45) is 4.62. The van der Waals surface area contributed by atoms with Gasteiger partial charge < -0.3 is 0 Å². The number of rotatable bonds is 4. The molecule has 138 valence electrons. The van der Waals surface area contributed by atoms with Crippen LogP contribution in [0.1, 0.15) is 26.4 Å². The lowest BCUT2D eigenvalue weighted by Crippen LogP contribution is -2.41. The van der Waals surface area contributed by atoms with E-state index in [0.29, 0.717) is 17.8 Å². The topological polar surface area (TPSA) is 102 Å². The number of carbonyl (C=O) groups excluding carboxylic acids is 2. The van der Waals surface area contributed by atoms with Crippen molar-refractivity contribution < 1.29 is 9.59 Å². The second kappa shape index (κ2) is 7.67. The van der Waals surface area contributed by atoms with Gasteiger partial charge in [-0.05, 0) is 23.8 Å². The predicted molar refractivity (Wildman–Crippen MR) is 102 cm³/mol. The Morgan fingerprint density at radius 1 is 0.893 bits per heavy atom. The summed E-state index contributed by atoms with van der Waals surface area (Å²) < 4.78 is 1.77. The standard InChI is InChI=1S/C20H16N6O2/c27-19(24-25-20(28)17-8-4-5-9-21-17)16-10-15-12-23-26(18(15)22-11-16)13-14-6-2-1-3-7-14/h1-12H,13H2,(H,24,27)(H,25,28). The summed E-state index contributed by atoms with van der Waals surface area (Å²) in [7, 11) is 0. The summed E-state index contributed by atoms with van der Waals surface area (Å²) >= 11 is 0. The third-order valence-corrected chi connectivity index (χ3v) is 4.10. The van der Waals surface area contributed by atoms with Gasteiger partial charge in [0.2, 0.25) is 0 Å². The molecule has 0 aliphatic rings. The molecule has 0 atom stereocenters. The first-order valence-electron chi connectivity index (χ1n) is 8.58. The second-order valence-electron chi connectivity index (χ2n) is 6.05. The van der Waals surface area contributed by atoms with E-state index in [1.807, 2.05) is 30.3 Å². The van der Waals surface area contributed by atoms with Crippen LogP contribution in [0.2, 0.25) is 0 Å². The Labute approximate surface area is 160 Å². The Bertz CT molecular complexity index is 1130. The van der Waals surface area contributed by atoms with Crippen LogP contribution in [0.3, 0.4) is 0 Å². The van der Waals surface area contributed by atoms with Crippen molar-refractivity contribution in [1.82, 2.24) is 30.6 Å². The van der Waals surface area contributed by atoms with Crippen molar-refractivity contribution in [3.8, 4) is 0 Å². The molecular weight excluding hydrogens is 356 g/mol. The summed E-state index contributed by atoms with van der Waals surface area (Å²) in [5, 5.41) is 5.09. The van der Waals surface area contributed by atoms with Crippen molar-refractivity contribution in [3.05, 3.63) is 90.0 Å². The molecule has 4 rings (SSSR count). The molecule has 8 heteroatoms. The fraction of sp³-hybridized carbons (Fsp3) is 0.0500. The molecule has 1 aromatic carbocycles. The van der Waals surface area contributed by atoms with E-state index in [4.69, 9.17) is 0 Å². The van der Waals surface area contributed by atoms with Crippen molar-refractivity contribution in [2.75, 3.05) is 0 Å². The van der Waals surface area contributed by atoms with Gasteiger partial charge in [0.1, 0.15) is 5.69 Å². The zero-order valence-electron chi connectivity index (χ0n) is 14.7. The highest BCUT2D eigenvalue weighted by atomic mass is 16.2. The van der Waals surface area contributed by atoms with Gasteiger partial charge in [0, 0.05) is 17.8 Å². The summed E-state index contributed by atoms with van der Waals surface area (Å²) in [6.45, 7) is 0.586. The molecule has 8 nitrogen and oxygen atoms in total. The maximum Gasteiger partial charge on any atom is 0.288 e. The van der Waals surface area contributed by atoms with Crippen LogP contribution in [0.5, 0.6) is 0 Å². The first-order chi connectivity index (χ1) is 13.7. The lowest BCUT2D eigenvalue weighted by molar-refractivity contribution is 0.0844. The van der Waals surface area contributed by atoms with Gasteiger partial charge in [-0.3, -0.25) is 25.4 Å². The third-order valence-electron chi connectivity index (χ3n) is 4.10. The molecular formula is C20H16N6O2. The molecule has 3 heterocycles. The molecule has 0 bridgehead atoms. The maximum absolute atomic E-state index is 12.3. The van der Waals surface area contributed by atoms with Gasteiger partial charge in [0.25, 0.3) is 11.8 Å². The number of aromatic nitrogens is 4. The maximum atomic E-state index is 12.3. The predicted octanol–water partition coefficient (Wildman–Crippen LogP) is 1.95. The smallest absolute Gasteiger partial charge is 0.267 e. The zero-order valence-corrected chi connectivity index (χ0v) is 14.7. The number of hydrogen-bond donors (Lipinski definition) is 2. The molecule has 0 spiro atoms. The Kier molecular flexibility index (Phi) is 4.75. The Hall–Kier alpha value is -4.07. The number of nitrogens with one attached hydrogen (secondary N) is 2. The van der Waals surface area contributed by atoms with E-state index in [0.717, 1.165) is 10.9 Å². The van der Waals surface area contributed by atoms with Crippen molar-refractivity contribution in [1.29, 1.82) is 0 Å². The molecule has 2 amide bonds. The monoisotopic (exact) mass is 372 g/mol. The number of fused-ring (bicyclic) bond motifs is 1. The van der Waals surface area contributed by atoms with E-state index in [1.165, 1.54) is 12.4 Å². The van der Waals surface area contributed by atoms with Gasteiger partial charge in [0.15, 0.2) is 5.65 Å². The number of carbonyl (C=O) groups is 2. The van der Waals surface area contributed by atoms with Crippen LogP contribution in [-0.2, 0) is 6.54 Å². The minimum absolute atomic E-state index is 0.207. The first kappa shape index (κ1) is 17.3. The van der Waals surface area contributed by atoms with Gasteiger partial charge in [-0.1, -0.05) is 36.4 Å². The number of hydrogen-bond acceptors (Lipinski definition) is 5. The molecule has 0 saturated carbocycles. The summed E-state index contributed by atoms with van der Waals surface area (Å²) in [6, 6.07) is 16.5. The van der Waals surface area contributed by atoms with E-state index in [-0.39, 0.29) is 5.69 Å². The van der Waals surface area contributed by atoms with Crippen molar-refractivity contribution >= 4 is 22.8 Å². The summed E-state index contributed by atoms with van der Waals surface area (Å²) in [5.74, 6) is -0.979. The quantitative estimate of drug-likeness (QED) is 0.533. The SMILES string of the molecule is O=C(NNC(=O)c1ccccn1)c1cnc2c(cnn2Cc2ccccc2)c1. The fourth-order valence-electron chi connectivity index (χ4n) is 2.71. The van der Waals surface area contributed by atoms with Crippen LogP contribution in [0.15, 0.2) is 73.2 Å². The normalized spacial score (nSPS) is 10.6. The molecule has 3 aromatic heterocycles. The number of pyridine rings is 2. The van der Waals surface area contributed by atoms with Gasteiger partial charge in [-0.25, -0.2) is 9.67 Å². The fourth-order valence-corrected chi connectivity index (χ4v) is 2.71. The summed E-state index contributed by atoms with van der Waals surface area (Å²) in [5.41, 5.74) is 7.00. The van der Waals surface area contributed by atoms with E-state index in [9.17, 15) is 9.59 Å². The molecule has 0 aliphatic carbocycles. The zero-order chi connectivity index (χ0) is 19.3. The largest absolute Gasteiger partial charge is 0.288 e. The Balaban J connectivity index is 1.46. The van der Waals surface area contributed by atoms with Crippen LogP contribution < -0.4 is 10.9 Å². The molecule has 0 radical (unpaired) electrons. The molecule has 28 heavy (non-hydrogen) atoms. The number of benzene rings is 1. The van der Waals surface area contributed by atoms with Crippen molar-refractivity contribution in [2.24, 2.45) is 0 Å². The van der Waals surface area contributed by atoms with Crippen LogP contribution in [0, 0.1) is 0 Å². The van der Waals surface area contributed by atoms with Crippen LogP contribution in [0.4, 0.5) is 0 Å². The Morgan fingerprint density at radius 3 is 2.46 bits per heavy atom. The highest BCUT2D eigenvalue weighted by molar-refractivity contribution is 5.99. The number of nitrogens with zero attached hydrogens (tertiary/aromatic N) is 4. The molecule has 0 fully saturated rings. The molecule has 2 N–H and O–H groups in total. The highest BCUT2D eigenvalue weighted by Gasteiger charge is 2.12. The van der Waals surface area contributed by atoms with E-state index >= 15 is 0 Å². The molecule has 0 saturated heterocycles. The molecule has 4 aromatic rings. The van der Waals surface area contributed by atoms with Gasteiger partial charge in [-0.2, -0.15) is 5.10 Å². The van der Waals surface area contributed by atoms with Crippen LogP contribution in [0.25, 0.3) is 11.0 Å². The average Bonchev–Trinajstić information content (AvgIpc) is 3.15. The van der Waals surface area contributed by atoms with E-state index in [1.54, 1.807) is 35.1 Å². The average molecular weight is 372 g/mol. The van der Waals surface area contributed by atoms with Gasteiger partial charge in [-0.15, -0.1) is 0 Å². The summed E-state index contributed by atoms with van der Waals surface area (Å²) in [4.78, 5) is 32.5. The molecule has 0 unspecified atom stereocenters. The third kappa shape index (κ3) is 3.70. The van der Waals surface area contributed by atoms with Crippen molar-refractivity contribution in [2.45, 2.75) is 6.54 Å². The van der Waals surface area contributed by atoms with Crippen molar-refractivity contribution in [3.63, 3.8) is 0 Å². The Morgan fingerprint density at radius 2 is 1.68 bits per heavy atom. The van der Waals surface area contributed by atoms with Crippen LogP contribution in [-0.4, -0.2) is 31.6 Å². The molecule has 0 aliphatic heterocycles. The van der Waals surface area contributed by atoms with Gasteiger partial charge in [0.05, 0.1) is 18.3 Å². The minimum Gasteiger partial charge on any atom is -0.267 e. The lowest BCUT2D eigenvalue weighted by atomic mass is 10.2. The lowest BCUT2D eigenvalue weighted by Gasteiger charge is -2.07. The van der Waals surface area contributed by atoms with Crippen LogP contribution >= 0.6 is 0 Å². The number of hydrazine groups is 1. The second-order valence-corrected chi connectivity index (χ2v) is 6.05. The van der Waals surface area contributed by atoms with E-state index in [2.05, 4.69) is 25.9 Å². The van der Waals surface area contributed by atoms with Gasteiger partial charge >= 0.3 is 0 Å². The number of amides is 2. The van der Waals surface area contributed by atoms with E-state index < -0.39 is 11.8 Å².